The highest BCUT2D eigenvalue weighted by atomic mass is 32.2. The van der Waals surface area contributed by atoms with Gasteiger partial charge < -0.3 is 9.47 Å². The van der Waals surface area contributed by atoms with Gasteiger partial charge in [-0.3, -0.25) is 0 Å². The first-order valence-electron chi connectivity index (χ1n) is 8.09. The first kappa shape index (κ1) is 18.7. The third-order valence-corrected chi connectivity index (χ3v) is 5.71. The summed E-state index contributed by atoms with van der Waals surface area (Å²) in [6, 6.07) is 4.92. The lowest BCUT2D eigenvalue weighted by atomic mass is 9.95. The van der Waals surface area contributed by atoms with Gasteiger partial charge in [-0.2, -0.15) is 4.31 Å². The molecule has 0 spiro atoms. The molecule has 0 amide bonds. The molecule has 0 saturated heterocycles. The Morgan fingerprint density at radius 1 is 1.21 bits per heavy atom. The fourth-order valence-corrected chi connectivity index (χ4v) is 4.33. The van der Waals surface area contributed by atoms with Crippen molar-refractivity contribution >= 4 is 16.0 Å². The summed E-state index contributed by atoms with van der Waals surface area (Å²) in [6.45, 7) is 0.192. The van der Waals surface area contributed by atoms with Crippen LogP contribution in [0.5, 0.6) is 5.75 Å². The van der Waals surface area contributed by atoms with Gasteiger partial charge in [-0.25, -0.2) is 13.2 Å². The van der Waals surface area contributed by atoms with Gasteiger partial charge in [-0.1, -0.05) is 19.3 Å². The highest BCUT2D eigenvalue weighted by Crippen LogP contribution is 2.29. The van der Waals surface area contributed by atoms with E-state index in [1.165, 1.54) is 24.8 Å². The molecule has 0 aliphatic heterocycles. The molecule has 1 aromatic rings. The smallest absolute Gasteiger partial charge is 0.337 e. The topological polar surface area (TPSA) is 72.9 Å². The maximum atomic E-state index is 12.3. The van der Waals surface area contributed by atoms with Gasteiger partial charge in [0.25, 0.3) is 0 Å². The maximum Gasteiger partial charge on any atom is 0.337 e. The molecule has 1 aromatic carbocycles. The van der Waals surface area contributed by atoms with Crippen LogP contribution in [0.25, 0.3) is 0 Å². The van der Waals surface area contributed by atoms with Crippen molar-refractivity contribution in [2.45, 2.75) is 44.7 Å². The van der Waals surface area contributed by atoms with E-state index in [1.54, 1.807) is 18.2 Å². The van der Waals surface area contributed by atoms with Gasteiger partial charge in [-0.05, 0) is 31.0 Å². The number of rotatable bonds is 6. The predicted molar refractivity (Wildman–Crippen MR) is 91.6 cm³/mol. The molecular weight excluding hydrogens is 330 g/mol. The number of esters is 1. The summed E-state index contributed by atoms with van der Waals surface area (Å²) in [5, 5.41) is 0. The Balaban J connectivity index is 2.35. The third kappa shape index (κ3) is 4.48. The Bertz CT molecular complexity index is 680. The SMILES string of the molecule is COC(=O)c1ccc(OC)c(CN(C2CCCCC2)S(C)(=O)=O)c1. The normalized spacial score (nSPS) is 16.2. The van der Waals surface area contributed by atoms with Crippen molar-refractivity contribution < 1.29 is 22.7 Å². The molecule has 6 nitrogen and oxygen atoms in total. The third-order valence-electron chi connectivity index (χ3n) is 4.44. The summed E-state index contributed by atoms with van der Waals surface area (Å²) in [6.07, 6.45) is 6.19. The van der Waals surface area contributed by atoms with Crippen LogP contribution in [0.4, 0.5) is 0 Å². The van der Waals surface area contributed by atoms with E-state index >= 15 is 0 Å². The van der Waals surface area contributed by atoms with Crippen molar-refractivity contribution in [2.24, 2.45) is 0 Å². The fraction of sp³-hybridized carbons (Fsp3) is 0.588. The van der Waals surface area contributed by atoms with Crippen LogP contribution in [0.2, 0.25) is 0 Å². The lowest BCUT2D eigenvalue weighted by molar-refractivity contribution is 0.0600. The summed E-state index contributed by atoms with van der Waals surface area (Å²) in [5.41, 5.74) is 1.04. The highest BCUT2D eigenvalue weighted by Gasteiger charge is 2.29. The Labute approximate surface area is 143 Å². The number of methoxy groups -OCH3 is 2. The van der Waals surface area contributed by atoms with Crippen LogP contribution in [0, 0.1) is 0 Å². The minimum absolute atomic E-state index is 0.000221. The number of ether oxygens (including phenoxy) is 2. The van der Waals surface area contributed by atoms with Crippen LogP contribution >= 0.6 is 0 Å². The van der Waals surface area contributed by atoms with E-state index in [4.69, 9.17) is 9.47 Å². The summed E-state index contributed by atoms with van der Waals surface area (Å²) in [7, 11) is -0.518. The zero-order valence-corrected chi connectivity index (χ0v) is 15.3. The number of sulfonamides is 1. The molecule has 1 fully saturated rings. The number of hydrogen-bond acceptors (Lipinski definition) is 5. The Hall–Kier alpha value is -1.60. The van der Waals surface area contributed by atoms with Gasteiger partial charge in [-0.15, -0.1) is 0 Å². The highest BCUT2D eigenvalue weighted by molar-refractivity contribution is 7.88. The number of benzene rings is 1. The van der Waals surface area contributed by atoms with Crippen molar-refractivity contribution in [3.8, 4) is 5.75 Å². The fourth-order valence-electron chi connectivity index (χ4n) is 3.20. The maximum absolute atomic E-state index is 12.3. The lowest BCUT2D eigenvalue weighted by Gasteiger charge is -2.32. The van der Waals surface area contributed by atoms with Crippen LogP contribution in [0.3, 0.4) is 0 Å². The molecule has 134 valence electrons. The summed E-state index contributed by atoms with van der Waals surface area (Å²) < 4.78 is 36.2. The number of hydrogen-bond donors (Lipinski definition) is 0. The summed E-state index contributed by atoms with van der Waals surface area (Å²) >= 11 is 0. The molecule has 0 atom stereocenters. The van der Waals surface area contributed by atoms with Crippen LogP contribution in [-0.4, -0.2) is 45.2 Å². The van der Waals surface area contributed by atoms with E-state index < -0.39 is 16.0 Å². The standard InChI is InChI=1S/C17H25NO5S/c1-22-16-10-9-13(17(19)23-2)11-14(16)12-18(24(3,20)21)15-7-5-4-6-8-15/h9-11,15H,4-8,12H2,1-3H3. The van der Waals surface area contributed by atoms with E-state index in [-0.39, 0.29) is 12.6 Å². The second-order valence-corrected chi connectivity index (χ2v) is 8.05. The zero-order chi connectivity index (χ0) is 17.7. The molecular formula is C17H25NO5S. The molecule has 1 aliphatic carbocycles. The Morgan fingerprint density at radius 3 is 2.42 bits per heavy atom. The van der Waals surface area contributed by atoms with E-state index in [2.05, 4.69) is 0 Å². The summed E-state index contributed by atoms with van der Waals surface area (Å²) in [4.78, 5) is 11.8. The van der Waals surface area contributed by atoms with Crippen LogP contribution < -0.4 is 4.74 Å². The Kier molecular flexibility index (Phi) is 6.23. The molecule has 2 rings (SSSR count). The van der Waals surface area contributed by atoms with E-state index in [0.29, 0.717) is 16.9 Å². The molecule has 0 aromatic heterocycles. The van der Waals surface area contributed by atoms with E-state index in [9.17, 15) is 13.2 Å². The molecule has 0 radical (unpaired) electrons. The van der Waals surface area contributed by atoms with Gasteiger partial charge in [0.15, 0.2) is 0 Å². The van der Waals surface area contributed by atoms with Crippen molar-refractivity contribution in [2.75, 3.05) is 20.5 Å². The predicted octanol–water partition coefficient (Wildman–Crippen LogP) is 2.58. The van der Waals surface area contributed by atoms with Crippen LogP contribution in [0.1, 0.15) is 48.0 Å². The molecule has 1 aliphatic rings. The average molecular weight is 355 g/mol. The molecule has 0 N–H and O–H groups in total. The second kappa shape index (κ2) is 7.98. The molecule has 24 heavy (non-hydrogen) atoms. The van der Waals surface area contributed by atoms with Gasteiger partial charge in [0.2, 0.25) is 10.0 Å². The van der Waals surface area contributed by atoms with Gasteiger partial charge in [0.1, 0.15) is 5.75 Å². The second-order valence-electron chi connectivity index (χ2n) is 6.12. The van der Waals surface area contributed by atoms with Gasteiger partial charge >= 0.3 is 5.97 Å². The monoisotopic (exact) mass is 355 g/mol. The Morgan fingerprint density at radius 2 is 1.88 bits per heavy atom. The van der Waals surface area contributed by atoms with E-state index in [0.717, 1.165) is 32.1 Å². The molecule has 0 heterocycles. The molecule has 1 saturated carbocycles. The number of carbonyl (C=O) groups excluding carboxylic acids is 1. The quantitative estimate of drug-likeness (QED) is 0.733. The molecule has 0 unspecified atom stereocenters. The first-order valence-corrected chi connectivity index (χ1v) is 9.93. The molecule has 0 bridgehead atoms. The average Bonchev–Trinajstić information content (AvgIpc) is 2.58. The minimum atomic E-state index is -3.36. The van der Waals surface area contributed by atoms with Crippen molar-refractivity contribution in [3.63, 3.8) is 0 Å². The molecule has 7 heteroatoms. The van der Waals surface area contributed by atoms with Crippen molar-refractivity contribution in [3.05, 3.63) is 29.3 Å². The van der Waals surface area contributed by atoms with Crippen LogP contribution in [0.15, 0.2) is 18.2 Å². The van der Waals surface area contributed by atoms with E-state index in [1.807, 2.05) is 0 Å². The number of carbonyl (C=O) groups is 1. The first-order chi connectivity index (χ1) is 11.4. The largest absolute Gasteiger partial charge is 0.496 e. The summed E-state index contributed by atoms with van der Waals surface area (Å²) in [5.74, 6) is 0.106. The van der Waals surface area contributed by atoms with Crippen molar-refractivity contribution in [1.29, 1.82) is 0 Å². The lowest BCUT2D eigenvalue weighted by Crippen LogP contribution is -2.40. The minimum Gasteiger partial charge on any atom is -0.496 e. The van der Waals surface area contributed by atoms with Gasteiger partial charge in [0, 0.05) is 18.2 Å². The van der Waals surface area contributed by atoms with Gasteiger partial charge in [0.05, 0.1) is 26.0 Å². The van der Waals surface area contributed by atoms with Crippen LogP contribution in [-0.2, 0) is 21.3 Å². The number of nitrogens with zero attached hydrogens (tertiary/aromatic N) is 1. The van der Waals surface area contributed by atoms with Crippen molar-refractivity contribution in [1.82, 2.24) is 4.31 Å². The zero-order valence-electron chi connectivity index (χ0n) is 14.4.